The molecule has 3 N–H and O–H groups in total. The molecular weight excluding hydrogens is 235 g/mol. The molecule has 0 amide bonds. The van der Waals surface area contributed by atoms with Crippen LogP contribution in [0.25, 0.3) is 0 Å². The lowest BCUT2D eigenvalue weighted by molar-refractivity contribution is 0.434. The zero-order chi connectivity index (χ0) is 13.1. The third-order valence-electron chi connectivity index (χ3n) is 2.26. The Labute approximate surface area is 103 Å². The highest BCUT2D eigenvalue weighted by Gasteiger charge is 2.07. The predicted molar refractivity (Wildman–Crippen MR) is 64.3 cm³/mol. The number of rotatable bonds is 3. The molecule has 0 saturated heterocycles. The van der Waals surface area contributed by atoms with Gasteiger partial charge in [0.15, 0.2) is 0 Å². The molecule has 2 aromatic rings. The number of nitrogen functional groups attached to an aromatic ring is 1. The highest BCUT2D eigenvalue weighted by molar-refractivity contribution is 5.92. The van der Waals surface area contributed by atoms with Gasteiger partial charge in [0.2, 0.25) is 0 Å². The Kier molecular flexibility index (Phi) is 3.18. The summed E-state index contributed by atoms with van der Waals surface area (Å²) in [7, 11) is 0. The molecular formula is C12H11FN4O. The number of aryl methyl sites for hydroxylation is 1. The summed E-state index contributed by atoms with van der Waals surface area (Å²) in [6, 6.07) is 5.71. The molecule has 5 nitrogen and oxygen atoms in total. The number of halogens is 1. The molecule has 92 valence electrons. The predicted octanol–water partition coefficient (Wildman–Crippen LogP) is 2.00. The van der Waals surface area contributed by atoms with Crippen molar-refractivity contribution in [1.82, 2.24) is 9.97 Å². The molecule has 1 aromatic heterocycles. The zero-order valence-electron chi connectivity index (χ0n) is 9.64. The maximum absolute atomic E-state index is 13.1. The quantitative estimate of drug-likeness (QED) is 0.640. The van der Waals surface area contributed by atoms with Crippen LogP contribution < -0.4 is 10.5 Å². The largest absolute Gasteiger partial charge is 0.424 e. The minimum absolute atomic E-state index is 0.0244. The molecule has 0 aliphatic heterocycles. The van der Waals surface area contributed by atoms with E-state index in [1.807, 2.05) is 0 Å². The first-order valence-electron chi connectivity index (χ1n) is 5.17. The fourth-order valence-corrected chi connectivity index (χ4v) is 1.32. The average molecular weight is 246 g/mol. The van der Waals surface area contributed by atoms with Gasteiger partial charge >= 0.3 is 6.01 Å². The van der Waals surface area contributed by atoms with Crippen LogP contribution in [0.4, 0.5) is 4.39 Å². The molecule has 0 radical (unpaired) electrons. The minimum atomic E-state index is -0.404. The summed E-state index contributed by atoms with van der Waals surface area (Å²) in [4.78, 5) is 7.81. The van der Waals surface area contributed by atoms with Gasteiger partial charge in [-0.2, -0.15) is 4.98 Å². The monoisotopic (exact) mass is 246 g/mol. The highest BCUT2D eigenvalue weighted by atomic mass is 19.1. The summed E-state index contributed by atoms with van der Waals surface area (Å²) in [5.41, 5.74) is 6.32. The van der Waals surface area contributed by atoms with Gasteiger partial charge in [0.1, 0.15) is 23.1 Å². The van der Waals surface area contributed by atoms with Crippen molar-refractivity contribution in [1.29, 1.82) is 5.41 Å². The minimum Gasteiger partial charge on any atom is -0.424 e. The van der Waals surface area contributed by atoms with Crippen LogP contribution in [-0.4, -0.2) is 15.8 Å². The van der Waals surface area contributed by atoms with Crippen molar-refractivity contribution in [3.8, 4) is 11.8 Å². The molecule has 6 heteroatoms. The number of hydrogen-bond acceptors (Lipinski definition) is 4. The number of nitrogens with two attached hydrogens (primary N) is 1. The van der Waals surface area contributed by atoms with E-state index in [9.17, 15) is 4.39 Å². The first-order valence-corrected chi connectivity index (χ1v) is 5.17. The van der Waals surface area contributed by atoms with Gasteiger partial charge in [0.25, 0.3) is 0 Å². The number of nitrogens with zero attached hydrogens (tertiary/aromatic N) is 2. The summed E-state index contributed by atoms with van der Waals surface area (Å²) in [6.07, 6.45) is 1.42. The van der Waals surface area contributed by atoms with E-state index in [4.69, 9.17) is 15.9 Å². The number of nitrogens with one attached hydrogen (secondary N) is 1. The van der Waals surface area contributed by atoms with Crippen LogP contribution in [0.5, 0.6) is 11.8 Å². The summed E-state index contributed by atoms with van der Waals surface area (Å²) >= 11 is 0. The van der Waals surface area contributed by atoms with Gasteiger partial charge in [-0.05, 0) is 24.6 Å². The highest BCUT2D eigenvalue weighted by Crippen LogP contribution is 2.23. The molecule has 0 aliphatic carbocycles. The first-order chi connectivity index (χ1) is 8.56. The first kappa shape index (κ1) is 12.0. The van der Waals surface area contributed by atoms with E-state index in [0.29, 0.717) is 5.75 Å². The zero-order valence-corrected chi connectivity index (χ0v) is 9.64. The van der Waals surface area contributed by atoms with E-state index in [-0.39, 0.29) is 17.5 Å². The van der Waals surface area contributed by atoms with Gasteiger partial charge in [0, 0.05) is 12.3 Å². The van der Waals surface area contributed by atoms with E-state index < -0.39 is 5.82 Å². The van der Waals surface area contributed by atoms with Crippen molar-refractivity contribution < 1.29 is 9.13 Å². The molecule has 0 saturated carbocycles. The fourth-order valence-electron chi connectivity index (χ4n) is 1.32. The molecule has 1 heterocycles. The fraction of sp³-hybridized carbons (Fsp3) is 0.0833. The number of hydrogen-bond donors (Lipinski definition) is 2. The van der Waals surface area contributed by atoms with Crippen molar-refractivity contribution in [3.63, 3.8) is 0 Å². The molecule has 1 aromatic carbocycles. The Morgan fingerprint density at radius 2 is 2.17 bits per heavy atom. The second-order valence-corrected chi connectivity index (χ2v) is 3.65. The van der Waals surface area contributed by atoms with Crippen LogP contribution in [0.3, 0.4) is 0 Å². The molecule has 0 bridgehead atoms. The lowest BCUT2D eigenvalue weighted by Crippen LogP contribution is -2.13. The molecule has 18 heavy (non-hydrogen) atoms. The van der Waals surface area contributed by atoms with Crippen LogP contribution >= 0.6 is 0 Å². The van der Waals surface area contributed by atoms with Gasteiger partial charge in [-0.25, -0.2) is 9.37 Å². The Hall–Kier alpha value is -2.50. The lowest BCUT2D eigenvalue weighted by Gasteiger charge is -2.07. The molecule has 0 atom stereocenters. The second kappa shape index (κ2) is 4.79. The van der Waals surface area contributed by atoms with E-state index in [2.05, 4.69) is 9.97 Å². The molecule has 0 fully saturated rings. The molecule has 0 aliphatic rings. The Bertz CT molecular complexity index is 600. The number of ether oxygens (including phenoxy) is 1. The Morgan fingerprint density at radius 1 is 1.39 bits per heavy atom. The van der Waals surface area contributed by atoms with Crippen molar-refractivity contribution in [2.45, 2.75) is 6.92 Å². The smallest absolute Gasteiger partial charge is 0.322 e. The number of amidine groups is 1. The van der Waals surface area contributed by atoms with E-state index >= 15 is 0 Å². The summed E-state index contributed by atoms with van der Waals surface area (Å²) in [5.74, 6) is -0.257. The Balaban J connectivity index is 2.31. The van der Waals surface area contributed by atoms with E-state index in [1.165, 1.54) is 24.4 Å². The molecule has 0 unspecified atom stereocenters. The van der Waals surface area contributed by atoms with Crippen molar-refractivity contribution in [3.05, 3.63) is 47.5 Å². The third-order valence-corrected chi connectivity index (χ3v) is 2.26. The van der Waals surface area contributed by atoms with Gasteiger partial charge in [0.05, 0.1) is 0 Å². The number of benzene rings is 1. The van der Waals surface area contributed by atoms with Crippen molar-refractivity contribution in [2.75, 3.05) is 0 Å². The topological polar surface area (TPSA) is 84.9 Å². The van der Waals surface area contributed by atoms with Crippen LogP contribution in [-0.2, 0) is 0 Å². The summed E-state index contributed by atoms with van der Waals surface area (Å²) in [6.45, 7) is 1.78. The van der Waals surface area contributed by atoms with Crippen LogP contribution in [0.15, 0.2) is 30.5 Å². The maximum atomic E-state index is 13.1. The third kappa shape index (κ3) is 2.60. The summed E-state index contributed by atoms with van der Waals surface area (Å²) in [5, 5.41) is 7.26. The van der Waals surface area contributed by atoms with Crippen LogP contribution in [0.2, 0.25) is 0 Å². The van der Waals surface area contributed by atoms with E-state index in [1.54, 1.807) is 13.0 Å². The van der Waals surface area contributed by atoms with Gasteiger partial charge < -0.3 is 10.5 Å². The van der Waals surface area contributed by atoms with Crippen molar-refractivity contribution >= 4 is 5.84 Å². The van der Waals surface area contributed by atoms with Gasteiger partial charge in [-0.15, -0.1) is 0 Å². The lowest BCUT2D eigenvalue weighted by atomic mass is 10.2. The summed E-state index contributed by atoms with van der Waals surface area (Å²) < 4.78 is 18.4. The normalized spacial score (nSPS) is 10.1. The maximum Gasteiger partial charge on any atom is 0.322 e. The molecule has 2 rings (SSSR count). The van der Waals surface area contributed by atoms with E-state index in [0.717, 1.165) is 5.56 Å². The second-order valence-electron chi connectivity index (χ2n) is 3.65. The standard InChI is InChI=1S/C12H11FN4O/c1-7-2-3-8(13)6-10(7)18-12-16-5-4-9(17-12)11(14)15/h2-6H,1H3,(H3,14,15). The van der Waals surface area contributed by atoms with Crippen LogP contribution in [0.1, 0.15) is 11.3 Å². The van der Waals surface area contributed by atoms with Crippen LogP contribution in [0, 0.1) is 18.2 Å². The average Bonchev–Trinajstić information content (AvgIpc) is 2.34. The SMILES string of the molecule is Cc1ccc(F)cc1Oc1nccc(C(=N)N)n1. The number of aromatic nitrogens is 2. The molecule has 0 spiro atoms. The van der Waals surface area contributed by atoms with Gasteiger partial charge in [-0.3, -0.25) is 5.41 Å². The van der Waals surface area contributed by atoms with Crippen molar-refractivity contribution in [2.24, 2.45) is 5.73 Å². The Morgan fingerprint density at radius 3 is 2.89 bits per heavy atom. The van der Waals surface area contributed by atoms with Gasteiger partial charge in [-0.1, -0.05) is 6.07 Å².